The van der Waals surface area contributed by atoms with Crippen LogP contribution in [0.5, 0.6) is 5.75 Å². The van der Waals surface area contributed by atoms with Crippen molar-refractivity contribution >= 4 is 11.6 Å². The molecule has 0 aromatic heterocycles. The molecule has 0 heterocycles. The summed E-state index contributed by atoms with van der Waals surface area (Å²) in [5.74, 6) is 0.870. The Morgan fingerprint density at radius 1 is 1.10 bits per heavy atom. The van der Waals surface area contributed by atoms with Crippen molar-refractivity contribution in [2.24, 2.45) is 5.73 Å². The molecule has 0 fully saturated rings. The Balaban J connectivity index is 2.08. The smallest absolute Gasteiger partial charge is 0.118 e. The Hall–Kier alpha value is -1.55. The molecule has 0 spiro atoms. The van der Waals surface area contributed by atoms with Gasteiger partial charge in [-0.15, -0.1) is 0 Å². The molecule has 3 nitrogen and oxygen atoms in total. The van der Waals surface area contributed by atoms with Gasteiger partial charge in [-0.3, -0.25) is 4.90 Å². The molecule has 0 saturated heterocycles. The van der Waals surface area contributed by atoms with Gasteiger partial charge in [0, 0.05) is 24.2 Å². The van der Waals surface area contributed by atoms with Crippen LogP contribution in [0, 0.1) is 0 Å². The summed E-state index contributed by atoms with van der Waals surface area (Å²) in [5.41, 5.74) is 8.35. The molecule has 0 bridgehead atoms. The highest BCUT2D eigenvalue weighted by atomic mass is 35.5. The Labute approximate surface area is 131 Å². The van der Waals surface area contributed by atoms with E-state index in [9.17, 15) is 0 Å². The maximum Gasteiger partial charge on any atom is 0.118 e. The van der Waals surface area contributed by atoms with E-state index in [1.165, 1.54) is 11.1 Å². The molecular formula is C17H21ClN2O. The summed E-state index contributed by atoms with van der Waals surface area (Å²) >= 11 is 5.94. The van der Waals surface area contributed by atoms with Gasteiger partial charge in [0.05, 0.1) is 7.11 Å². The number of hydrogen-bond acceptors (Lipinski definition) is 3. The van der Waals surface area contributed by atoms with Gasteiger partial charge in [0.1, 0.15) is 5.75 Å². The molecule has 21 heavy (non-hydrogen) atoms. The fourth-order valence-electron chi connectivity index (χ4n) is 2.38. The van der Waals surface area contributed by atoms with Gasteiger partial charge in [-0.25, -0.2) is 0 Å². The zero-order valence-corrected chi connectivity index (χ0v) is 13.2. The molecule has 0 aliphatic rings. The number of nitrogens with two attached hydrogens (primary N) is 1. The van der Waals surface area contributed by atoms with Gasteiger partial charge in [0.25, 0.3) is 0 Å². The van der Waals surface area contributed by atoms with Crippen molar-refractivity contribution in [1.82, 2.24) is 4.90 Å². The van der Waals surface area contributed by atoms with Crippen LogP contribution in [0.25, 0.3) is 0 Å². The molecule has 1 atom stereocenters. The maximum absolute atomic E-state index is 5.95. The van der Waals surface area contributed by atoms with E-state index in [0.29, 0.717) is 6.54 Å². The van der Waals surface area contributed by atoms with Crippen LogP contribution in [0.3, 0.4) is 0 Å². The number of hydrogen-bond donors (Lipinski definition) is 1. The van der Waals surface area contributed by atoms with E-state index in [1.807, 2.05) is 36.4 Å². The predicted octanol–water partition coefficient (Wildman–Crippen LogP) is 3.48. The maximum atomic E-state index is 5.95. The summed E-state index contributed by atoms with van der Waals surface area (Å²) in [6.45, 7) is 1.39. The molecule has 2 aromatic carbocycles. The van der Waals surface area contributed by atoms with Crippen molar-refractivity contribution in [3.63, 3.8) is 0 Å². The van der Waals surface area contributed by atoms with Crippen LogP contribution in [0.2, 0.25) is 5.02 Å². The normalized spacial score (nSPS) is 12.4. The molecule has 0 saturated carbocycles. The Kier molecular flexibility index (Phi) is 5.62. The van der Waals surface area contributed by atoms with E-state index in [2.05, 4.69) is 24.1 Å². The van der Waals surface area contributed by atoms with E-state index in [-0.39, 0.29) is 6.04 Å². The van der Waals surface area contributed by atoms with Crippen LogP contribution in [-0.2, 0) is 6.54 Å². The molecule has 4 heteroatoms. The van der Waals surface area contributed by atoms with Crippen molar-refractivity contribution < 1.29 is 4.74 Å². The predicted molar refractivity (Wildman–Crippen MR) is 87.7 cm³/mol. The zero-order valence-electron chi connectivity index (χ0n) is 12.4. The first-order chi connectivity index (χ1) is 10.1. The van der Waals surface area contributed by atoms with Crippen molar-refractivity contribution in [3.8, 4) is 5.75 Å². The lowest BCUT2D eigenvalue weighted by Gasteiger charge is -2.27. The number of likely N-dealkylation sites (N-methyl/N-ethyl adjacent to an activating group) is 1. The fraction of sp³-hybridized carbons (Fsp3) is 0.294. The number of ether oxygens (including phenoxy) is 1. The van der Waals surface area contributed by atoms with Gasteiger partial charge < -0.3 is 10.5 Å². The fourth-order valence-corrected chi connectivity index (χ4v) is 2.51. The third-order valence-corrected chi connectivity index (χ3v) is 3.85. The highest BCUT2D eigenvalue weighted by Crippen LogP contribution is 2.22. The van der Waals surface area contributed by atoms with Crippen molar-refractivity contribution in [2.45, 2.75) is 12.6 Å². The largest absolute Gasteiger partial charge is 0.497 e. The third kappa shape index (κ3) is 4.21. The van der Waals surface area contributed by atoms with E-state index in [1.54, 1.807) is 7.11 Å². The van der Waals surface area contributed by atoms with E-state index in [0.717, 1.165) is 17.3 Å². The first-order valence-electron chi connectivity index (χ1n) is 6.92. The lowest BCUT2D eigenvalue weighted by molar-refractivity contribution is 0.241. The molecule has 2 rings (SSSR count). The summed E-state index contributed by atoms with van der Waals surface area (Å²) in [6, 6.07) is 16.1. The van der Waals surface area contributed by atoms with Crippen LogP contribution >= 0.6 is 11.6 Å². The molecule has 112 valence electrons. The Morgan fingerprint density at radius 3 is 2.24 bits per heavy atom. The van der Waals surface area contributed by atoms with Gasteiger partial charge in [0.15, 0.2) is 0 Å². The molecule has 0 amide bonds. The summed E-state index contributed by atoms with van der Waals surface area (Å²) in [4.78, 5) is 2.24. The second-order valence-electron chi connectivity index (χ2n) is 5.07. The van der Waals surface area contributed by atoms with Gasteiger partial charge >= 0.3 is 0 Å². The Bertz CT molecular complexity index is 554. The monoisotopic (exact) mass is 304 g/mol. The standard InChI is InChI=1S/C17H21ClN2O/c1-20(12-13-3-9-16(21-2)10-4-13)17(11-19)14-5-7-15(18)8-6-14/h3-10,17H,11-12,19H2,1-2H3. The summed E-state index contributed by atoms with van der Waals surface area (Å²) < 4.78 is 5.18. The minimum absolute atomic E-state index is 0.171. The van der Waals surface area contributed by atoms with E-state index >= 15 is 0 Å². The quantitative estimate of drug-likeness (QED) is 0.888. The second kappa shape index (κ2) is 7.46. The molecule has 0 aliphatic carbocycles. The summed E-state index contributed by atoms with van der Waals surface area (Å²) in [7, 11) is 3.75. The highest BCUT2D eigenvalue weighted by molar-refractivity contribution is 6.30. The molecule has 2 N–H and O–H groups in total. The highest BCUT2D eigenvalue weighted by Gasteiger charge is 2.15. The molecule has 0 radical (unpaired) electrons. The minimum Gasteiger partial charge on any atom is -0.497 e. The van der Waals surface area contributed by atoms with Crippen molar-refractivity contribution in [1.29, 1.82) is 0 Å². The number of methoxy groups -OCH3 is 1. The van der Waals surface area contributed by atoms with E-state index in [4.69, 9.17) is 22.1 Å². The third-order valence-electron chi connectivity index (χ3n) is 3.60. The molecular weight excluding hydrogens is 284 g/mol. The topological polar surface area (TPSA) is 38.5 Å². The summed E-state index contributed by atoms with van der Waals surface area (Å²) in [6.07, 6.45) is 0. The molecule has 0 aliphatic heterocycles. The molecule has 1 unspecified atom stereocenters. The number of rotatable bonds is 6. The van der Waals surface area contributed by atoms with Crippen LogP contribution in [0.4, 0.5) is 0 Å². The van der Waals surface area contributed by atoms with Gasteiger partial charge in [-0.1, -0.05) is 35.9 Å². The average Bonchev–Trinajstić information content (AvgIpc) is 2.50. The lowest BCUT2D eigenvalue weighted by atomic mass is 10.0. The van der Waals surface area contributed by atoms with E-state index < -0.39 is 0 Å². The van der Waals surface area contributed by atoms with Gasteiger partial charge in [0.2, 0.25) is 0 Å². The zero-order chi connectivity index (χ0) is 15.2. The van der Waals surface area contributed by atoms with Crippen LogP contribution in [0.15, 0.2) is 48.5 Å². The summed E-state index contributed by atoms with van der Waals surface area (Å²) in [5, 5.41) is 0.743. The van der Waals surface area contributed by atoms with Crippen molar-refractivity contribution in [3.05, 3.63) is 64.7 Å². The van der Waals surface area contributed by atoms with Crippen molar-refractivity contribution in [2.75, 3.05) is 20.7 Å². The van der Waals surface area contributed by atoms with Gasteiger partial charge in [-0.2, -0.15) is 0 Å². The molecule has 2 aromatic rings. The number of nitrogens with zero attached hydrogens (tertiary/aromatic N) is 1. The van der Waals surface area contributed by atoms with Crippen LogP contribution in [-0.4, -0.2) is 25.6 Å². The lowest BCUT2D eigenvalue weighted by Crippen LogP contribution is -2.30. The second-order valence-corrected chi connectivity index (χ2v) is 5.50. The Morgan fingerprint density at radius 2 is 1.71 bits per heavy atom. The number of halogens is 1. The van der Waals surface area contributed by atoms with Crippen LogP contribution in [0.1, 0.15) is 17.2 Å². The number of benzene rings is 2. The first kappa shape index (κ1) is 15.8. The average molecular weight is 305 g/mol. The minimum atomic E-state index is 0.171. The van der Waals surface area contributed by atoms with Gasteiger partial charge in [-0.05, 0) is 42.4 Å². The SMILES string of the molecule is COc1ccc(CN(C)C(CN)c2ccc(Cl)cc2)cc1. The first-order valence-corrected chi connectivity index (χ1v) is 7.30. The van der Waals surface area contributed by atoms with Crippen LogP contribution < -0.4 is 10.5 Å².